The second-order valence-corrected chi connectivity index (χ2v) is 7.18. The number of aromatic nitrogens is 2. The molecule has 3 N–H and O–H groups in total. The van der Waals surface area contributed by atoms with Crippen molar-refractivity contribution in [2.24, 2.45) is 5.73 Å². The summed E-state index contributed by atoms with van der Waals surface area (Å²) in [5.74, 6) is 0.368. The van der Waals surface area contributed by atoms with E-state index >= 15 is 0 Å². The summed E-state index contributed by atoms with van der Waals surface area (Å²) in [6.45, 7) is 6.29. The zero-order valence-corrected chi connectivity index (χ0v) is 14.7. The predicted octanol–water partition coefficient (Wildman–Crippen LogP) is 1.83. The average Bonchev–Trinajstić information content (AvgIpc) is 3.22. The van der Waals surface area contributed by atoms with E-state index in [1.807, 2.05) is 6.92 Å². The molecule has 1 saturated heterocycles. The molecule has 0 radical (unpaired) electrons. The molecule has 7 nitrogen and oxygen atoms in total. The number of rotatable bonds is 3. The highest BCUT2D eigenvalue weighted by molar-refractivity contribution is 7.10. The van der Waals surface area contributed by atoms with Crippen LogP contribution in [0.3, 0.4) is 0 Å². The Morgan fingerprint density at radius 2 is 2.28 bits per heavy atom. The fourth-order valence-electron chi connectivity index (χ4n) is 3.33. The molecule has 0 aliphatic carbocycles. The first kappa shape index (κ1) is 16.1. The van der Waals surface area contributed by atoms with E-state index in [1.54, 1.807) is 11.3 Å². The van der Waals surface area contributed by atoms with E-state index in [0.29, 0.717) is 11.5 Å². The molecule has 0 saturated carbocycles. The van der Waals surface area contributed by atoms with E-state index in [1.165, 1.54) is 5.56 Å². The van der Waals surface area contributed by atoms with E-state index in [-0.39, 0.29) is 11.8 Å². The van der Waals surface area contributed by atoms with Gasteiger partial charge in [0.1, 0.15) is 11.6 Å². The van der Waals surface area contributed by atoms with Gasteiger partial charge < -0.3 is 15.2 Å². The number of nitrogens with two attached hydrogens (primary N) is 1. The van der Waals surface area contributed by atoms with Crippen LogP contribution in [0.25, 0.3) is 0 Å². The summed E-state index contributed by atoms with van der Waals surface area (Å²) in [6.07, 6.45) is 0. The van der Waals surface area contributed by atoms with Crippen molar-refractivity contribution in [1.82, 2.24) is 15.1 Å². The zero-order valence-electron chi connectivity index (χ0n) is 13.9. The first-order valence-electron chi connectivity index (χ1n) is 8.17. The molecule has 4 rings (SSSR count). The number of hydrogen-bond acceptors (Lipinski definition) is 7. The predicted molar refractivity (Wildman–Crippen MR) is 93.0 cm³/mol. The molecule has 0 bridgehead atoms. The molecule has 0 amide bonds. The van der Waals surface area contributed by atoms with Gasteiger partial charge in [-0.05, 0) is 23.9 Å². The van der Waals surface area contributed by atoms with Gasteiger partial charge in [-0.2, -0.15) is 5.26 Å². The third kappa shape index (κ3) is 2.91. The topological polar surface area (TPSA) is 100 Å². The van der Waals surface area contributed by atoms with Crippen molar-refractivity contribution in [3.8, 4) is 11.9 Å². The van der Waals surface area contributed by atoms with Gasteiger partial charge in [0.15, 0.2) is 0 Å². The van der Waals surface area contributed by atoms with Crippen molar-refractivity contribution in [2.45, 2.75) is 19.4 Å². The maximum Gasteiger partial charge on any atom is 0.244 e. The minimum absolute atomic E-state index is 0.134. The lowest BCUT2D eigenvalue weighted by atomic mass is 9.88. The van der Waals surface area contributed by atoms with Gasteiger partial charge in [0.05, 0.1) is 24.7 Å². The fourth-order valence-corrected chi connectivity index (χ4v) is 4.35. The smallest absolute Gasteiger partial charge is 0.244 e. The Bertz CT molecular complexity index is 857. The molecular formula is C17H19N5O2S. The van der Waals surface area contributed by atoms with Crippen LogP contribution in [0.4, 0.5) is 0 Å². The summed E-state index contributed by atoms with van der Waals surface area (Å²) in [6, 6.07) is 4.38. The van der Waals surface area contributed by atoms with Crippen molar-refractivity contribution in [2.75, 3.05) is 26.3 Å². The van der Waals surface area contributed by atoms with Crippen LogP contribution in [0.5, 0.6) is 5.88 Å². The molecular weight excluding hydrogens is 338 g/mol. The van der Waals surface area contributed by atoms with E-state index in [9.17, 15) is 5.26 Å². The number of ether oxygens (including phenoxy) is 2. The monoisotopic (exact) mass is 357 g/mol. The third-order valence-electron chi connectivity index (χ3n) is 4.60. The first-order chi connectivity index (χ1) is 12.2. The quantitative estimate of drug-likeness (QED) is 0.869. The SMILES string of the molecule is Cc1[nH]nc2c1[C@H](c1cc(CN3CCOCC3)cs1)C(C#N)=C(N)O2. The number of allylic oxidation sites excluding steroid dienone is 1. The van der Waals surface area contributed by atoms with Gasteiger partial charge in [-0.1, -0.05) is 0 Å². The third-order valence-corrected chi connectivity index (χ3v) is 5.64. The Morgan fingerprint density at radius 3 is 3.04 bits per heavy atom. The number of nitriles is 1. The Morgan fingerprint density at radius 1 is 1.48 bits per heavy atom. The summed E-state index contributed by atoms with van der Waals surface area (Å²) in [4.78, 5) is 3.46. The molecule has 1 atom stereocenters. The highest BCUT2D eigenvalue weighted by Gasteiger charge is 2.35. The van der Waals surface area contributed by atoms with Crippen LogP contribution in [0.15, 0.2) is 22.9 Å². The summed E-state index contributed by atoms with van der Waals surface area (Å²) in [7, 11) is 0. The number of H-pyrrole nitrogens is 1. The van der Waals surface area contributed by atoms with Gasteiger partial charge in [0, 0.05) is 30.2 Å². The van der Waals surface area contributed by atoms with Crippen LogP contribution in [0.1, 0.15) is 27.6 Å². The molecule has 2 aliphatic heterocycles. The maximum atomic E-state index is 9.60. The van der Waals surface area contributed by atoms with Crippen LogP contribution < -0.4 is 10.5 Å². The Kier molecular flexibility index (Phi) is 4.21. The molecule has 1 fully saturated rings. The highest BCUT2D eigenvalue weighted by atomic mass is 32.1. The van der Waals surface area contributed by atoms with Crippen molar-refractivity contribution in [1.29, 1.82) is 5.26 Å². The Hall–Kier alpha value is -2.34. The molecule has 0 spiro atoms. The highest BCUT2D eigenvalue weighted by Crippen LogP contribution is 2.44. The number of fused-ring (bicyclic) bond motifs is 1. The van der Waals surface area contributed by atoms with Crippen LogP contribution in [0.2, 0.25) is 0 Å². The largest absolute Gasteiger partial charge is 0.420 e. The molecule has 25 heavy (non-hydrogen) atoms. The standard InChI is InChI=1S/C17H19N5O2S/c1-10-14-15(12(7-18)16(19)24-17(14)21-20-10)13-6-11(9-25-13)8-22-2-4-23-5-3-22/h6,9,15H,2-5,8,19H2,1H3,(H,20,21)/t15-/m0/s1. The second kappa shape index (κ2) is 6.52. The van der Waals surface area contributed by atoms with E-state index in [0.717, 1.165) is 49.0 Å². The lowest BCUT2D eigenvalue weighted by Gasteiger charge is -2.26. The van der Waals surface area contributed by atoms with Gasteiger partial charge in [-0.25, -0.2) is 0 Å². The van der Waals surface area contributed by atoms with Gasteiger partial charge in [0.25, 0.3) is 0 Å². The molecule has 2 aliphatic rings. The number of nitrogens with zero attached hydrogens (tertiary/aromatic N) is 3. The van der Waals surface area contributed by atoms with Gasteiger partial charge >= 0.3 is 0 Å². The second-order valence-electron chi connectivity index (χ2n) is 6.24. The number of morpholine rings is 1. The number of hydrogen-bond donors (Lipinski definition) is 2. The van der Waals surface area contributed by atoms with Gasteiger partial charge in [0.2, 0.25) is 11.8 Å². The van der Waals surface area contributed by atoms with E-state index in [2.05, 4.69) is 32.6 Å². The fraction of sp³-hybridized carbons (Fsp3) is 0.412. The van der Waals surface area contributed by atoms with Crippen molar-refractivity contribution >= 4 is 11.3 Å². The molecule has 130 valence electrons. The summed E-state index contributed by atoms with van der Waals surface area (Å²) in [5.41, 5.74) is 9.43. The summed E-state index contributed by atoms with van der Waals surface area (Å²) >= 11 is 1.65. The molecule has 8 heteroatoms. The molecule has 0 aromatic carbocycles. The minimum atomic E-state index is -0.226. The number of aromatic amines is 1. The van der Waals surface area contributed by atoms with Crippen LogP contribution in [-0.4, -0.2) is 41.4 Å². The maximum absolute atomic E-state index is 9.60. The van der Waals surface area contributed by atoms with E-state index in [4.69, 9.17) is 15.2 Å². The average molecular weight is 357 g/mol. The molecule has 0 unspecified atom stereocenters. The minimum Gasteiger partial charge on any atom is -0.420 e. The first-order valence-corrected chi connectivity index (χ1v) is 9.05. The summed E-state index contributed by atoms with van der Waals surface area (Å²) in [5, 5.41) is 18.8. The van der Waals surface area contributed by atoms with Crippen LogP contribution in [0, 0.1) is 18.3 Å². The van der Waals surface area contributed by atoms with E-state index < -0.39 is 0 Å². The van der Waals surface area contributed by atoms with Gasteiger partial charge in [-0.3, -0.25) is 10.00 Å². The lowest BCUT2D eigenvalue weighted by molar-refractivity contribution is 0.0342. The zero-order chi connectivity index (χ0) is 17.4. The molecule has 2 aromatic heterocycles. The Labute approximate surface area is 149 Å². The van der Waals surface area contributed by atoms with Gasteiger partial charge in [-0.15, -0.1) is 16.4 Å². The number of thiophene rings is 1. The number of nitrogens with one attached hydrogen (secondary N) is 1. The molecule has 4 heterocycles. The Balaban J connectivity index is 1.66. The van der Waals surface area contributed by atoms with Crippen molar-refractivity contribution < 1.29 is 9.47 Å². The van der Waals surface area contributed by atoms with Crippen LogP contribution in [-0.2, 0) is 11.3 Å². The number of aryl methyl sites for hydroxylation is 1. The lowest BCUT2D eigenvalue weighted by Crippen LogP contribution is -2.35. The summed E-state index contributed by atoms with van der Waals surface area (Å²) < 4.78 is 10.9. The van der Waals surface area contributed by atoms with Crippen molar-refractivity contribution in [3.63, 3.8) is 0 Å². The van der Waals surface area contributed by atoms with Crippen molar-refractivity contribution in [3.05, 3.63) is 44.6 Å². The molecule has 2 aromatic rings. The normalized spacial score (nSPS) is 20.9. The van der Waals surface area contributed by atoms with Crippen LogP contribution >= 0.6 is 11.3 Å².